The number of nitrogens with zero attached hydrogens (tertiary/aromatic N) is 3. The largest absolute Gasteiger partial charge is 0.497 e. The highest BCUT2D eigenvalue weighted by atomic mass is 16.5. The molecular formula is C21H26N4O5. The number of ether oxygens (including phenoxy) is 2. The quantitative estimate of drug-likeness (QED) is 0.675. The van der Waals surface area contributed by atoms with Gasteiger partial charge in [0.05, 0.1) is 19.6 Å². The summed E-state index contributed by atoms with van der Waals surface area (Å²) in [7, 11) is 1.54. The Morgan fingerprint density at radius 2 is 2.00 bits per heavy atom. The highest BCUT2D eigenvalue weighted by Gasteiger charge is 2.49. The van der Waals surface area contributed by atoms with Crippen molar-refractivity contribution >= 4 is 17.8 Å². The molecule has 2 aliphatic rings. The molecule has 2 saturated heterocycles. The molecule has 3 rings (SSSR count). The van der Waals surface area contributed by atoms with Crippen LogP contribution in [0, 0.1) is 11.3 Å². The lowest BCUT2D eigenvalue weighted by Crippen LogP contribution is -2.49. The lowest BCUT2D eigenvalue weighted by Gasteiger charge is -2.34. The van der Waals surface area contributed by atoms with Gasteiger partial charge in [-0.05, 0) is 37.5 Å². The van der Waals surface area contributed by atoms with Crippen molar-refractivity contribution in [2.45, 2.75) is 37.8 Å². The van der Waals surface area contributed by atoms with Crippen LogP contribution in [0.3, 0.4) is 0 Å². The summed E-state index contributed by atoms with van der Waals surface area (Å²) in [6, 6.07) is 8.22. The number of methoxy groups -OCH3 is 1. The number of rotatable bonds is 7. The molecule has 0 aliphatic carbocycles. The molecule has 0 aromatic heterocycles. The fraction of sp³-hybridized carbons (Fsp3) is 0.524. The van der Waals surface area contributed by atoms with Crippen molar-refractivity contribution in [2.75, 3.05) is 33.4 Å². The third-order valence-electron chi connectivity index (χ3n) is 5.65. The maximum absolute atomic E-state index is 13.1. The number of imide groups is 1. The number of urea groups is 1. The van der Waals surface area contributed by atoms with Crippen LogP contribution in [0.1, 0.15) is 31.7 Å². The minimum absolute atomic E-state index is 0.0617. The second-order valence-electron chi connectivity index (χ2n) is 7.51. The third-order valence-corrected chi connectivity index (χ3v) is 5.65. The Kier molecular flexibility index (Phi) is 6.57. The molecule has 30 heavy (non-hydrogen) atoms. The van der Waals surface area contributed by atoms with Crippen molar-refractivity contribution in [3.8, 4) is 11.8 Å². The molecule has 1 aromatic carbocycles. The lowest BCUT2D eigenvalue weighted by molar-refractivity contribution is -0.141. The molecular weight excluding hydrogens is 388 g/mol. The Balaban J connectivity index is 1.75. The Hall–Kier alpha value is -3.12. The zero-order valence-corrected chi connectivity index (χ0v) is 17.2. The molecule has 9 nitrogen and oxygen atoms in total. The van der Waals surface area contributed by atoms with Gasteiger partial charge in [-0.15, -0.1) is 0 Å². The Morgan fingerprint density at radius 1 is 1.33 bits per heavy atom. The molecule has 0 saturated carbocycles. The highest BCUT2D eigenvalue weighted by Crippen LogP contribution is 2.30. The molecule has 2 heterocycles. The first kappa shape index (κ1) is 21.6. The van der Waals surface area contributed by atoms with E-state index in [1.165, 1.54) is 0 Å². The van der Waals surface area contributed by atoms with Crippen molar-refractivity contribution in [1.29, 1.82) is 5.26 Å². The molecule has 4 amide bonds. The number of carbonyl (C=O) groups is 3. The van der Waals surface area contributed by atoms with Crippen LogP contribution in [-0.2, 0) is 19.9 Å². The molecule has 160 valence electrons. The molecule has 1 unspecified atom stereocenters. The van der Waals surface area contributed by atoms with E-state index < -0.39 is 17.5 Å². The average molecular weight is 414 g/mol. The molecule has 1 N–H and O–H groups in total. The van der Waals surface area contributed by atoms with Crippen molar-refractivity contribution in [1.82, 2.24) is 15.1 Å². The van der Waals surface area contributed by atoms with Gasteiger partial charge in [0.1, 0.15) is 17.8 Å². The summed E-state index contributed by atoms with van der Waals surface area (Å²) in [4.78, 5) is 41.2. The van der Waals surface area contributed by atoms with Crippen LogP contribution in [0.15, 0.2) is 24.3 Å². The van der Waals surface area contributed by atoms with E-state index in [-0.39, 0.29) is 31.5 Å². The van der Waals surface area contributed by atoms with Gasteiger partial charge in [-0.1, -0.05) is 12.1 Å². The minimum Gasteiger partial charge on any atom is -0.497 e. The summed E-state index contributed by atoms with van der Waals surface area (Å²) in [6.45, 7) is 2.60. The second kappa shape index (κ2) is 9.13. The van der Waals surface area contributed by atoms with E-state index in [1.54, 1.807) is 43.2 Å². The van der Waals surface area contributed by atoms with Gasteiger partial charge in [-0.3, -0.25) is 14.5 Å². The van der Waals surface area contributed by atoms with Gasteiger partial charge in [0.2, 0.25) is 5.91 Å². The standard InChI is InChI=1S/C21H26N4O5/c1-21(15-4-6-17(29-2)7-5-15)19(27)25(20(28)23-21)14-18(26)24(11-3-10-22)16-8-12-30-13-9-16/h4-7,16H,3,8-9,11-14H2,1-2H3,(H,23,28). The van der Waals surface area contributed by atoms with Crippen LogP contribution in [0.2, 0.25) is 0 Å². The van der Waals surface area contributed by atoms with E-state index >= 15 is 0 Å². The predicted molar refractivity (Wildman–Crippen MR) is 106 cm³/mol. The van der Waals surface area contributed by atoms with Crippen molar-refractivity contribution in [2.24, 2.45) is 0 Å². The molecule has 1 aromatic rings. The van der Waals surface area contributed by atoms with Crippen LogP contribution < -0.4 is 10.1 Å². The molecule has 2 fully saturated rings. The molecule has 2 aliphatic heterocycles. The lowest BCUT2D eigenvalue weighted by atomic mass is 9.92. The second-order valence-corrected chi connectivity index (χ2v) is 7.51. The van der Waals surface area contributed by atoms with E-state index in [0.29, 0.717) is 37.4 Å². The number of nitriles is 1. The number of carbonyl (C=O) groups excluding carboxylic acids is 3. The van der Waals surface area contributed by atoms with Gasteiger partial charge in [0, 0.05) is 25.8 Å². The minimum atomic E-state index is -1.26. The summed E-state index contributed by atoms with van der Waals surface area (Å²) in [6.07, 6.45) is 1.52. The van der Waals surface area contributed by atoms with Gasteiger partial charge in [0.15, 0.2) is 0 Å². The normalized spacial score (nSPS) is 21.8. The SMILES string of the molecule is COc1ccc(C2(C)NC(=O)N(CC(=O)N(CCC#N)C3CCOCC3)C2=O)cc1. The van der Waals surface area contributed by atoms with Gasteiger partial charge in [-0.25, -0.2) is 4.79 Å². The number of hydrogen-bond donors (Lipinski definition) is 1. The van der Waals surface area contributed by atoms with Crippen LogP contribution in [0.4, 0.5) is 4.79 Å². The van der Waals surface area contributed by atoms with Gasteiger partial charge >= 0.3 is 6.03 Å². The fourth-order valence-corrected chi connectivity index (χ4v) is 3.86. The van der Waals surface area contributed by atoms with Crippen LogP contribution in [0.5, 0.6) is 5.75 Å². The predicted octanol–water partition coefficient (Wildman–Crippen LogP) is 1.38. The summed E-state index contributed by atoms with van der Waals surface area (Å²) in [5, 5.41) is 11.6. The Bertz CT molecular complexity index is 844. The first-order chi connectivity index (χ1) is 14.4. The number of hydrogen-bond acceptors (Lipinski definition) is 6. The van der Waals surface area contributed by atoms with Crippen molar-refractivity contribution < 1.29 is 23.9 Å². The fourth-order valence-electron chi connectivity index (χ4n) is 3.86. The molecule has 1 atom stereocenters. The van der Waals surface area contributed by atoms with E-state index in [0.717, 1.165) is 4.90 Å². The van der Waals surface area contributed by atoms with E-state index in [2.05, 4.69) is 11.4 Å². The summed E-state index contributed by atoms with van der Waals surface area (Å²) in [5.74, 6) is -0.200. The van der Waals surface area contributed by atoms with Crippen molar-refractivity contribution in [3.63, 3.8) is 0 Å². The Morgan fingerprint density at radius 3 is 2.60 bits per heavy atom. The van der Waals surface area contributed by atoms with Crippen LogP contribution >= 0.6 is 0 Å². The molecule has 0 radical (unpaired) electrons. The summed E-state index contributed by atoms with van der Waals surface area (Å²) < 4.78 is 10.5. The van der Waals surface area contributed by atoms with E-state index in [9.17, 15) is 14.4 Å². The number of nitrogens with one attached hydrogen (secondary N) is 1. The molecule has 0 spiro atoms. The topological polar surface area (TPSA) is 112 Å². The average Bonchev–Trinajstić information content (AvgIpc) is 2.98. The third kappa shape index (κ3) is 4.24. The van der Waals surface area contributed by atoms with Gasteiger partial charge in [-0.2, -0.15) is 5.26 Å². The Labute approximate surface area is 175 Å². The molecule has 0 bridgehead atoms. The van der Waals surface area contributed by atoms with Gasteiger partial charge in [0.25, 0.3) is 5.91 Å². The first-order valence-corrected chi connectivity index (χ1v) is 9.93. The summed E-state index contributed by atoms with van der Waals surface area (Å²) >= 11 is 0. The highest BCUT2D eigenvalue weighted by molar-refractivity contribution is 6.09. The van der Waals surface area contributed by atoms with Crippen LogP contribution in [0.25, 0.3) is 0 Å². The van der Waals surface area contributed by atoms with Crippen LogP contribution in [-0.4, -0.2) is 67.1 Å². The zero-order valence-electron chi connectivity index (χ0n) is 17.2. The van der Waals surface area contributed by atoms with Crippen molar-refractivity contribution in [3.05, 3.63) is 29.8 Å². The maximum atomic E-state index is 13.1. The molecule has 9 heteroatoms. The zero-order chi connectivity index (χ0) is 21.7. The smallest absolute Gasteiger partial charge is 0.325 e. The van der Waals surface area contributed by atoms with E-state index in [4.69, 9.17) is 14.7 Å². The van der Waals surface area contributed by atoms with Gasteiger partial charge < -0.3 is 19.7 Å². The summed E-state index contributed by atoms with van der Waals surface area (Å²) in [5.41, 5.74) is -0.665. The number of benzene rings is 1. The van der Waals surface area contributed by atoms with E-state index in [1.807, 2.05) is 0 Å². The number of amides is 4. The first-order valence-electron chi connectivity index (χ1n) is 9.93. The maximum Gasteiger partial charge on any atom is 0.325 e. The monoisotopic (exact) mass is 414 g/mol.